The van der Waals surface area contributed by atoms with Crippen LogP contribution in [0.15, 0.2) is 0 Å². The summed E-state index contributed by atoms with van der Waals surface area (Å²) in [5, 5.41) is 13.4. The van der Waals surface area contributed by atoms with Gasteiger partial charge in [-0.3, -0.25) is 0 Å². The van der Waals surface area contributed by atoms with Crippen LogP contribution in [0, 0.1) is 0 Å². The molecule has 1 saturated heterocycles. The molecule has 5 nitrogen and oxygen atoms in total. The lowest BCUT2D eigenvalue weighted by atomic mass is 9.93. The molecule has 0 radical (unpaired) electrons. The molecule has 0 aromatic heterocycles. The molecular formula is C14H28N2O3S. The normalized spacial score (nSPS) is 32.5. The quantitative estimate of drug-likeness (QED) is 0.797. The van der Waals surface area contributed by atoms with E-state index < -0.39 is 16.1 Å². The van der Waals surface area contributed by atoms with E-state index in [1.54, 1.807) is 7.05 Å². The van der Waals surface area contributed by atoms with E-state index >= 15 is 0 Å². The minimum atomic E-state index is -3.26. The van der Waals surface area contributed by atoms with Gasteiger partial charge in [0, 0.05) is 13.1 Å². The third-order valence-corrected chi connectivity index (χ3v) is 6.64. The third kappa shape index (κ3) is 4.16. The number of hydrogen-bond donors (Lipinski definition) is 2. The van der Waals surface area contributed by atoms with Gasteiger partial charge >= 0.3 is 0 Å². The molecule has 2 fully saturated rings. The van der Waals surface area contributed by atoms with Crippen molar-refractivity contribution < 1.29 is 13.5 Å². The van der Waals surface area contributed by atoms with Crippen LogP contribution in [0.4, 0.5) is 0 Å². The lowest BCUT2D eigenvalue weighted by Gasteiger charge is -2.34. The maximum atomic E-state index is 12.4. The zero-order valence-corrected chi connectivity index (χ0v) is 13.2. The molecule has 1 aliphatic heterocycles. The van der Waals surface area contributed by atoms with Gasteiger partial charge in [-0.2, -0.15) is 4.31 Å². The topological polar surface area (TPSA) is 69.6 Å². The van der Waals surface area contributed by atoms with Crippen molar-refractivity contribution in [2.24, 2.45) is 0 Å². The lowest BCUT2D eigenvalue weighted by molar-refractivity contribution is 0.0637. The highest BCUT2D eigenvalue weighted by Gasteiger charge is 2.33. The Morgan fingerprint density at radius 2 is 1.85 bits per heavy atom. The first kappa shape index (κ1) is 16.2. The van der Waals surface area contributed by atoms with Crippen LogP contribution in [0.3, 0.4) is 0 Å². The monoisotopic (exact) mass is 304 g/mol. The van der Waals surface area contributed by atoms with Crippen LogP contribution >= 0.6 is 0 Å². The van der Waals surface area contributed by atoms with E-state index in [0.29, 0.717) is 18.9 Å². The summed E-state index contributed by atoms with van der Waals surface area (Å²) in [7, 11) is -1.63. The van der Waals surface area contributed by atoms with Crippen LogP contribution in [-0.4, -0.2) is 55.4 Å². The highest BCUT2D eigenvalue weighted by Crippen LogP contribution is 2.24. The van der Waals surface area contributed by atoms with Gasteiger partial charge in [-0.15, -0.1) is 0 Å². The number of piperidine rings is 1. The van der Waals surface area contributed by atoms with E-state index in [9.17, 15) is 13.5 Å². The molecule has 0 aromatic carbocycles. The molecule has 1 heterocycles. The third-order valence-electron chi connectivity index (χ3n) is 4.74. The Hall–Kier alpha value is -0.170. The van der Waals surface area contributed by atoms with Crippen molar-refractivity contribution >= 4 is 10.0 Å². The van der Waals surface area contributed by atoms with E-state index in [0.717, 1.165) is 32.2 Å². The number of aliphatic hydroxyl groups excluding tert-OH is 1. The van der Waals surface area contributed by atoms with E-state index in [-0.39, 0.29) is 11.8 Å². The number of likely N-dealkylation sites (N-methyl/N-ethyl adjacent to an activating group) is 1. The molecule has 0 aromatic rings. The van der Waals surface area contributed by atoms with E-state index in [1.807, 2.05) is 0 Å². The summed E-state index contributed by atoms with van der Waals surface area (Å²) >= 11 is 0. The molecular weight excluding hydrogens is 276 g/mol. The molecule has 118 valence electrons. The predicted molar refractivity (Wildman–Crippen MR) is 80.1 cm³/mol. The Morgan fingerprint density at radius 1 is 1.15 bits per heavy atom. The second kappa shape index (κ2) is 7.20. The van der Waals surface area contributed by atoms with Crippen LogP contribution in [0.1, 0.15) is 51.4 Å². The molecule has 2 aliphatic rings. The highest BCUT2D eigenvalue weighted by atomic mass is 32.2. The Labute approximate surface area is 122 Å². The summed E-state index contributed by atoms with van der Waals surface area (Å²) in [6, 6.07) is 0.108. The van der Waals surface area contributed by atoms with Gasteiger partial charge in [0.05, 0.1) is 17.9 Å². The average molecular weight is 304 g/mol. The summed E-state index contributed by atoms with van der Waals surface area (Å²) in [6.07, 6.45) is 7.13. The van der Waals surface area contributed by atoms with Crippen molar-refractivity contribution in [2.75, 3.05) is 19.3 Å². The Kier molecular flexibility index (Phi) is 5.84. The molecule has 0 spiro atoms. The fraction of sp³-hybridized carbons (Fsp3) is 1.00. The maximum Gasteiger partial charge on any atom is 0.214 e. The van der Waals surface area contributed by atoms with E-state index in [1.165, 1.54) is 17.1 Å². The summed E-state index contributed by atoms with van der Waals surface area (Å²) < 4.78 is 26.2. The molecule has 1 aliphatic carbocycles. The number of aliphatic hydroxyl groups is 1. The molecule has 3 unspecified atom stereocenters. The summed E-state index contributed by atoms with van der Waals surface area (Å²) in [4.78, 5) is 0. The summed E-state index contributed by atoms with van der Waals surface area (Å²) in [5.74, 6) is 0.185. The first-order chi connectivity index (χ1) is 9.50. The molecule has 20 heavy (non-hydrogen) atoms. The van der Waals surface area contributed by atoms with Crippen LogP contribution < -0.4 is 5.32 Å². The second-order valence-corrected chi connectivity index (χ2v) is 8.33. The molecule has 3 atom stereocenters. The van der Waals surface area contributed by atoms with Crippen LogP contribution in [0.5, 0.6) is 0 Å². The van der Waals surface area contributed by atoms with Crippen LogP contribution in [0.25, 0.3) is 0 Å². The number of sulfonamides is 1. The molecule has 1 saturated carbocycles. The van der Waals surface area contributed by atoms with Crippen molar-refractivity contribution in [3.8, 4) is 0 Å². The average Bonchev–Trinajstić information content (AvgIpc) is 2.46. The Balaban J connectivity index is 1.87. The number of nitrogens with one attached hydrogen (secondary N) is 1. The van der Waals surface area contributed by atoms with Gasteiger partial charge < -0.3 is 10.4 Å². The fourth-order valence-electron chi connectivity index (χ4n) is 3.33. The summed E-state index contributed by atoms with van der Waals surface area (Å²) in [6.45, 7) is 1.00. The van der Waals surface area contributed by atoms with Gasteiger partial charge in [0.15, 0.2) is 0 Å². The van der Waals surface area contributed by atoms with E-state index in [2.05, 4.69) is 5.32 Å². The molecule has 2 N–H and O–H groups in total. The van der Waals surface area contributed by atoms with Crippen molar-refractivity contribution in [1.29, 1.82) is 0 Å². The SMILES string of the molecule is CN(C1CCCCC1O)S(=O)(=O)CCC1CCCCN1. The molecule has 0 bridgehead atoms. The highest BCUT2D eigenvalue weighted by molar-refractivity contribution is 7.89. The van der Waals surface area contributed by atoms with Gasteiger partial charge in [-0.25, -0.2) is 8.42 Å². The standard InChI is InChI=1S/C14H28N2O3S/c1-16(13-7-2-3-8-14(13)17)20(18,19)11-9-12-6-4-5-10-15-12/h12-15,17H,2-11H2,1H3. The van der Waals surface area contributed by atoms with Crippen molar-refractivity contribution in [3.63, 3.8) is 0 Å². The van der Waals surface area contributed by atoms with Gasteiger partial charge in [0.2, 0.25) is 10.0 Å². The van der Waals surface area contributed by atoms with Crippen LogP contribution in [0.2, 0.25) is 0 Å². The van der Waals surface area contributed by atoms with Gasteiger partial charge in [-0.05, 0) is 38.6 Å². The van der Waals surface area contributed by atoms with Crippen molar-refractivity contribution in [1.82, 2.24) is 9.62 Å². The number of hydrogen-bond acceptors (Lipinski definition) is 4. The molecule has 0 amide bonds. The first-order valence-corrected chi connectivity index (χ1v) is 9.49. The van der Waals surface area contributed by atoms with Gasteiger partial charge in [0.1, 0.15) is 0 Å². The zero-order valence-electron chi connectivity index (χ0n) is 12.4. The Bertz CT molecular complexity index is 393. The summed E-state index contributed by atoms with van der Waals surface area (Å²) in [5.41, 5.74) is 0. The minimum absolute atomic E-state index is 0.185. The zero-order chi connectivity index (χ0) is 14.6. The largest absolute Gasteiger partial charge is 0.391 e. The molecule has 2 rings (SSSR count). The second-order valence-electron chi connectivity index (χ2n) is 6.19. The predicted octanol–water partition coefficient (Wildman–Crippen LogP) is 1.08. The fourth-order valence-corrected chi connectivity index (χ4v) is 4.86. The molecule has 6 heteroatoms. The number of nitrogens with zero attached hydrogens (tertiary/aromatic N) is 1. The Morgan fingerprint density at radius 3 is 2.50 bits per heavy atom. The lowest BCUT2D eigenvalue weighted by Crippen LogP contribution is -2.47. The maximum absolute atomic E-state index is 12.4. The van der Waals surface area contributed by atoms with Gasteiger partial charge in [-0.1, -0.05) is 19.3 Å². The van der Waals surface area contributed by atoms with E-state index in [4.69, 9.17) is 0 Å². The first-order valence-electron chi connectivity index (χ1n) is 7.88. The van der Waals surface area contributed by atoms with Crippen molar-refractivity contribution in [2.45, 2.75) is 69.6 Å². The smallest absolute Gasteiger partial charge is 0.214 e. The van der Waals surface area contributed by atoms with Crippen molar-refractivity contribution in [3.05, 3.63) is 0 Å². The van der Waals surface area contributed by atoms with Gasteiger partial charge in [0.25, 0.3) is 0 Å². The minimum Gasteiger partial charge on any atom is -0.391 e. The number of rotatable bonds is 5. The van der Waals surface area contributed by atoms with Crippen LogP contribution in [-0.2, 0) is 10.0 Å².